The fourth-order valence-electron chi connectivity index (χ4n) is 2.67. The molecule has 1 amide bonds. The van der Waals surface area contributed by atoms with Crippen molar-refractivity contribution < 1.29 is 14.7 Å². The molecule has 1 aromatic heterocycles. The van der Waals surface area contributed by atoms with Gasteiger partial charge in [-0.2, -0.15) is 0 Å². The minimum atomic E-state index is -0.941. The van der Waals surface area contributed by atoms with Gasteiger partial charge in [0.05, 0.1) is 12.0 Å². The Hall–Kier alpha value is -1.85. The van der Waals surface area contributed by atoms with Crippen molar-refractivity contribution >= 4 is 11.9 Å². The van der Waals surface area contributed by atoms with E-state index in [0.29, 0.717) is 25.9 Å². The first-order valence-electron chi connectivity index (χ1n) is 7.03. The second-order valence-corrected chi connectivity index (χ2v) is 5.32. The molecule has 110 valence electrons. The van der Waals surface area contributed by atoms with E-state index >= 15 is 0 Å². The topological polar surface area (TPSA) is 75.4 Å². The molecule has 2 heterocycles. The maximum Gasteiger partial charge on any atom is 0.310 e. The van der Waals surface area contributed by atoms with Crippen LogP contribution in [0.2, 0.25) is 0 Å². The second-order valence-electron chi connectivity index (χ2n) is 5.32. The summed E-state index contributed by atoms with van der Waals surface area (Å²) in [5.74, 6) is -0.113. The Kier molecular flexibility index (Phi) is 4.11. The Morgan fingerprint density at radius 3 is 2.65 bits per heavy atom. The molecule has 0 aliphatic carbocycles. The van der Waals surface area contributed by atoms with Crippen LogP contribution in [0, 0.1) is 5.41 Å². The van der Waals surface area contributed by atoms with Crippen LogP contribution in [-0.2, 0) is 22.7 Å². The Balaban J connectivity index is 2.07. The van der Waals surface area contributed by atoms with Gasteiger partial charge in [0, 0.05) is 31.9 Å². The third kappa shape index (κ3) is 2.55. The summed E-state index contributed by atoms with van der Waals surface area (Å²) in [5.41, 5.74) is -0.941. The number of nitrogens with zero attached hydrogens (tertiary/aromatic N) is 3. The fraction of sp³-hybridized carbons (Fsp3) is 0.643. The molecule has 0 aromatic carbocycles. The predicted octanol–water partition coefficient (Wildman–Crippen LogP) is 1.51. The lowest BCUT2D eigenvalue weighted by molar-refractivity contribution is -0.154. The van der Waals surface area contributed by atoms with Gasteiger partial charge < -0.3 is 14.6 Å². The molecule has 0 radical (unpaired) electrons. The summed E-state index contributed by atoms with van der Waals surface area (Å²) in [7, 11) is 0. The SMILES string of the molecule is CCC(CC)(CC(=O)N1CCn2ccnc2C1)C(=O)O. The van der Waals surface area contributed by atoms with Gasteiger partial charge in [0.2, 0.25) is 5.91 Å². The van der Waals surface area contributed by atoms with Crippen molar-refractivity contribution in [1.82, 2.24) is 14.5 Å². The largest absolute Gasteiger partial charge is 0.481 e. The summed E-state index contributed by atoms with van der Waals surface area (Å²) in [6, 6.07) is 0. The van der Waals surface area contributed by atoms with Gasteiger partial charge in [-0.25, -0.2) is 4.98 Å². The highest BCUT2D eigenvalue weighted by Crippen LogP contribution is 2.32. The molecular formula is C14H21N3O3. The summed E-state index contributed by atoms with van der Waals surface area (Å²) in [6.45, 7) is 5.46. The van der Waals surface area contributed by atoms with Crippen molar-refractivity contribution in [2.45, 2.75) is 46.2 Å². The molecule has 1 aliphatic heterocycles. The average molecular weight is 279 g/mol. The van der Waals surface area contributed by atoms with Crippen LogP contribution >= 0.6 is 0 Å². The van der Waals surface area contributed by atoms with Gasteiger partial charge in [0.15, 0.2) is 0 Å². The number of rotatable bonds is 5. The molecule has 6 nitrogen and oxygen atoms in total. The van der Waals surface area contributed by atoms with Gasteiger partial charge in [0.1, 0.15) is 5.82 Å². The van der Waals surface area contributed by atoms with Crippen LogP contribution in [0.5, 0.6) is 0 Å². The van der Waals surface area contributed by atoms with Crippen LogP contribution in [0.3, 0.4) is 0 Å². The summed E-state index contributed by atoms with van der Waals surface area (Å²) in [4.78, 5) is 29.8. The summed E-state index contributed by atoms with van der Waals surface area (Å²) in [6.07, 6.45) is 4.62. The van der Waals surface area contributed by atoms with Crippen molar-refractivity contribution in [1.29, 1.82) is 0 Å². The number of carbonyl (C=O) groups excluding carboxylic acids is 1. The van der Waals surface area contributed by atoms with Crippen molar-refractivity contribution in [2.24, 2.45) is 5.41 Å². The number of hydrogen-bond donors (Lipinski definition) is 1. The zero-order chi connectivity index (χ0) is 14.8. The van der Waals surface area contributed by atoms with Gasteiger partial charge in [-0.3, -0.25) is 9.59 Å². The Labute approximate surface area is 118 Å². The van der Waals surface area contributed by atoms with E-state index < -0.39 is 11.4 Å². The lowest BCUT2D eigenvalue weighted by Crippen LogP contribution is -2.42. The average Bonchev–Trinajstić information content (AvgIpc) is 2.91. The molecule has 0 saturated carbocycles. The number of aliphatic carboxylic acids is 1. The molecule has 6 heteroatoms. The minimum Gasteiger partial charge on any atom is -0.481 e. The Morgan fingerprint density at radius 1 is 1.35 bits per heavy atom. The van der Waals surface area contributed by atoms with Gasteiger partial charge >= 0.3 is 5.97 Å². The van der Waals surface area contributed by atoms with E-state index in [1.54, 1.807) is 11.1 Å². The van der Waals surface area contributed by atoms with Gasteiger partial charge in [-0.05, 0) is 12.8 Å². The number of amides is 1. The molecule has 0 fully saturated rings. The fourth-order valence-corrected chi connectivity index (χ4v) is 2.67. The lowest BCUT2D eigenvalue weighted by atomic mass is 9.79. The van der Waals surface area contributed by atoms with E-state index in [0.717, 1.165) is 12.4 Å². The molecule has 1 aliphatic rings. The van der Waals surface area contributed by atoms with Crippen LogP contribution < -0.4 is 0 Å². The molecule has 0 saturated heterocycles. The predicted molar refractivity (Wildman–Crippen MR) is 72.9 cm³/mol. The lowest BCUT2D eigenvalue weighted by Gasteiger charge is -2.32. The van der Waals surface area contributed by atoms with Crippen molar-refractivity contribution in [2.75, 3.05) is 6.54 Å². The maximum atomic E-state index is 12.4. The highest BCUT2D eigenvalue weighted by molar-refractivity contribution is 5.85. The monoisotopic (exact) mass is 279 g/mol. The van der Waals surface area contributed by atoms with Gasteiger partial charge in [0.25, 0.3) is 0 Å². The molecule has 1 aromatic rings. The summed E-state index contributed by atoms with van der Waals surface area (Å²) >= 11 is 0. The first kappa shape index (κ1) is 14.6. The Bertz CT molecular complexity index is 506. The third-order valence-corrected chi connectivity index (χ3v) is 4.39. The molecular weight excluding hydrogens is 258 g/mol. The molecule has 20 heavy (non-hydrogen) atoms. The number of carboxylic acids is 1. The van der Waals surface area contributed by atoms with Crippen LogP contribution in [0.1, 0.15) is 38.9 Å². The first-order valence-corrected chi connectivity index (χ1v) is 7.03. The standard InChI is InChI=1S/C14H21N3O3/c1-3-14(4-2,13(19)20)9-12(18)17-8-7-16-6-5-15-11(16)10-17/h5-6H,3-4,7-10H2,1-2H3,(H,19,20). The number of imidazole rings is 1. The van der Waals surface area contributed by atoms with Crippen molar-refractivity contribution in [3.8, 4) is 0 Å². The van der Waals surface area contributed by atoms with E-state index in [-0.39, 0.29) is 12.3 Å². The molecule has 0 unspecified atom stereocenters. The van der Waals surface area contributed by atoms with Crippen LogP contribution in [0.25, 0.3) is 0 Å². The normalized spacial score (nSPS) is 15.0. The van der Waals surface area contributed by atoms with E-state index in [1.165, 1.54) is 0 Å². The van der Waals surface area contributed by atoms with Crippen molar-refractivity contribution in [3.05, 3.63) is 18.2 Å². The third-order valence-electron chi connectivity index (χ3n) is 4.39. The number of aromatic nitrogens is 2. The van der Waals surface area contributed by atoms with E-state index in [4.69, 9.17) is 0 Å². The van der Waals surface area contributed by atoms with Crippen LogP contribution in [-0.4, -0.2) is 38.0 Å². The molecule has 0 bridgehead atoms. The number of hydrogen-bond acceptors (Lipinski definition) is 3. The zero-order valence-corrected chi connectivity index (χ0v) is 12.0. The van der Waals surface area contributed by atoms with E-state index in [1.807, 2.05) is 24.6 Å². The number of carboxylic acid groups (broad SMARTS) is 1. The molecule has 0 spiro atoms. The summed E-state index contributed by atoms with van der Waals surface area (Å²) in [5, 5.41) is 9.41. The van der Waals surface area contributed by atoms with Crippen molar-refractivity contribution in [3.63, 3.8) is 0 Å². The smallest absolute Gasteiger partial charge is 0.310 e. The van der Waals surface area contributed by atoms with Crippen LogP contribution in [0.15, 0.2) is 12.4 Å². The second kappa shape index (κ2) is 5.64. The van der Waals surface area contributed by atoms with E-state index in [9.17, 15) is 14.7 Å². The number of fused-ring (bicyclic) bond motifs is 1. The van der Waals surface area contributed by atoms with Crippen LogP contribution in [0.4, 0.5) is 0 Å². The molecule has 2 rings (SSSR count). The highest BCUT2D eigenvalue weighted by Gasteiger charge is 2.38. The highest BCUT2D eigenvalue weighted by atomic mass is 16.4. The van der Waals surface area contributed by atoms with Gasteiger partial charge in [-0.15, -0.1) is 0 Å². The zero-order valence-electron chi connectivity index (χ0n) is 12.0. The first-order chi connectivity index (χ1) is 9.52. The maximum absolute atomic E-state index is 12.4. The molecule has 1 N–H and O–H groups in total. The van der Waals surface area contributed by atoms with Gasteiger partial charge in [-0.1, -0.05) is 13.8 Å². The summed E-state index contributed by atoms with van der Waals surface area (Å²) < 4.78 is 2.02. The number of carbonyl (C=O) groups is 2. The molecule has 0 atom stereocenters. The Morgan fingerprint density at radius 2 is 2.05 bits per heavy atom. The minimum absolute atomic E-state index is 0.0655. The quantitative estimate of drug-likeness (QED) is 0.886. The van der Waals surface area contributed by atoms with E-state index in [2.05, 4.69) is 4.98 Å².